The van der Waals surface area contributed by atoms with Gasteiger partial charge in [0.2, 0.25) is 0 Å². The van der Waals surface area contributed by atoms with Crippen molar-refractivity contribution in [2.75, 3.05) is 7.05 Å². The fourth-order valence-electron chi connectivity index (χ4n) is 1.88. The summed E-state index contributed by atoms with van der Waals surface area (Å²) in [5, 5.41) is 9.06. The molecule has 0 spiro atoms. The number of rotatable bonds is 3. The van der Waals surface area contributed by atoms with Crippen LogP contribution in [0.3, 0.4) is 0 Å². The number of hydrogen-bond acceptors (Lipinski definition) is 4. The molecule has 1 aromatic carbocycles. The largest absolute Gasteiger partial charge is 0.333 e. The molecule has 1 aromatic heterocycles. The second kappa shape index (κ2) is 5.93. The zero-order valence-corrected chi connectivity index (χ0v) is 11.3. The van der Waals surface area contributed by atoms with Crippen molar-refractivity contribution in [1.82, 2.24) is 14.9 Å². The molecule has 0 radical (unpaired) electrons. The maximum Gasteiger partial charge on any atom is 0.255 e. The van der Waals surface area contributed by atoms with Crippen molar-refractivity contribution in [2.24, 2.45) is 0 Å². The molecule has 1 atom stereocenters. The van der Waals surface area contributed by atoms with E-state index in [4.69, 9.17) is 5.26 Å². The van der Waals surface area contributed by atoms with Crippen LogP contribution in [0.15, 0.2) is 42.9 Å². The van der Waals surface area contributed by atoms with Crippen LogP contribution in [-0.2, 0) is 0 Å². The number of benzene rings is 1. The number of nitrogens with zero attached hydrogens (tertiary/aromatic N) is 4. The van der Waals surface area contributed by atoms with Crippen molar-refractivity contribution < 1.29 is 4.79 Å². The first-order chi connectivity index (χ1) is 9.65. The molecule has 0 aliphatic rings. The van der Waals surface area contributed by atoms with Crippen molar-refractivity contribution >= 4 is 5.91 Å². The minimum Gasteiger partial charge on any atom is -0.333 e. The Morgan fingerprint density at radius 3 is 2.75 bits per heavy atom. The predicted octanol–water partition coefficient (Wildman–Crippen LogP) is 2.18. The Bertz CT molecular complexity index is 648. The lowest BCUT2D eigenvalue weighted by atomic mass is 10.1. The van der Waals surface area contributed by atoms with E-state index in [0.29, 0.717) is 11.1 Å². The van der Waals surface area contributed by atoms with E-state index in [9.17, 15) is 4.79 Å². The first kappa shape index (κ1) is 13.7. The molecule has 0 aliphatic carbocycles. The quantitative estimate of drug-likeness (QED) is 0.853. The van der Waals surface area contributed by atoms with Crippen molar-refractivity contribution in [1.29, 1.82) is 5.26 Å². The second-order valence-corrected chi connectivity index (χ2v) is 4.38. The number of aromatic nitrogens is 2. The van der Waals surface area contributed by atoms with Crippen LogP contribution < -0.4 is 0 Å². The van der Waals surface area contributed by atoms with Crippen molar-refractivity contribution in [2.45, 2.75) is 13.0 Å². The van der Waals surface area contributed by atoms with Gasteiger partial charge in [0.05, 0.1) is 28.9 Å². The lowest BCUT2D eigenvalue weighted by Gasteiger charge is -2.24. The third-order valence-corrected chi connectivity index (χ3v) is 3.21. The van der Waals surface area contributed by atoms with E-state index in [0.717, 1.165) is 5.69 Å². The number of carbonyl (C=O) groups is 1. The molecule has 1 heterocycles. The first-order valence-electron chi connectivity index (χ1n) is 6.17. The van der Waals surface area contributed by atoms with Crippen LogP contribution in [0.25, 0.3) is 0 Å². The molecule has 100 valence electrons. The summed E-state index contributed by atoms with van der Waals surface area (Å²) in [7, 11) is 1.70. The minimum absolute atomic E-state index is 0.197. The molecule has 0 N–H and O–H groups in total. The highest BCUT2D eigenvalue weighted by molar-refractivity contribution is 5.96. The van der Waals surface area contributed by atoms with Gasteiger partial charge in [-0.15, -0.1) is 0 Å². The van der Waals surface area contributed by atoms with Gasteiger partial charge in [-0.1, -0.05) is 12.1 Å². The summed E-state index contributed by atoms with van der Waals surface area (Å²) >= 11 is 0. The van der Waals surface area contributed by atoms with Gasteiger partial charge in [-0.3, -0.25) is 4.79 Å². The van der Waals surface area contributed by atoms with Gasteiger partial charge < -0.3 is 4.90 Å². The highest BCUT2D eigenvalue weighted by Gasteiger charge is 2.21. The average molecular weight is 266 g/mol. The molecule has 2 rings (SSSR count). The van der Waals surface area contributed by atoms with Crippen LogP contribution in [0.4, 0.5) is 0 Å². The Kier molecular flexibility index (Phi) is 4.06. The Balaban J connectivity index is 2.27. The van der Waals surface area contributed by atoms with Crippen LogP contribution in [0.5, 0.6) is 0 Å². The SMILES string of the molecule is C[C@@H](c1ccncn1)N(C)C(=O)c1ccccc1C#N. The molecule has 0 aliphatic heterocycles. The van der Waals surface area contributed by atoms with Crippen molar-refractivity contribution in [3.8, 4) is 6.07 Å². The summed E-state index contributed by atoms with van der Waals surface area (Å²) < 4.78 is 0. The summed E-state index contributed by atoms with van der Waals surface area (Å²) in [4.78, 5) is 22.0. The zero-order chi connectivity index (χ0) is 14.5. The molecule has 1 amide bonds. The summed E-state index contributed by atoms with van der Waals surface area (Å²) in [6.45, 7) is 1.88. The average Bonchev–Trinajstić information content (AvgIpc) is 2.53. The van der Waals surface area contributed by atoms with Gasteiger partial charge in [0.1, 0.15) is 6.33 Å². The van der Waals surface area contributed by atoms with Gasteiger partial charge in [-0.05, 0) is 25.1 Å². The minimum atomic E-state index is -0.201. The maximum absolute atomic E-state index is 12.5. The lowest BCUT2D eigenvalue weighted by molar-refractivity contribution is 0.0739. The normalized spacial score (nSPS) is 11.4. The third kappa shape index (κ3) is 2.64. The Labute approximate surface area is 117 Å². The van der Waals surface area contributed by atoms with Gasteiger partial charge in [0, 0.05) is 13.2 Å². The van der Waals surface area contributed by atoms with Crippen molar-refractivity contribution in [3.05, 3.63) is 59.7 Å². The standard InChI is InChI=1S/C15H14N4O/c1-11(14-7-8-17-10-18-14)19(2)15(20)13-6-4-3-5-12(13)9-16/h3-8,10-11H,1-2H3/t11-/m0/s1. The van der Waals surface area contributed by atoms with Crippen LogP contribution in [0.1, 0.15) is 34.6 Å². The van der Waals surface area contributed by atoms with E-state index in [1.807, 2.05) is 13.0 Å². The number of nitriles is 1. The van der Waals surface area contributed by atoms with Gasteiger partial charge >= 0.3 is 0 Å². The third-order valence-electron chi connectivity index (χ3n) is 3.21. The molecule has 0 unspecified atom stereocenters. The summed E-state index contributed by atoms with van der Waals surface area (Å²) in [5.74, 6) is -0.201. The first-order valence-corrected chi connectivity index (χ1v) is 6.17. The summed E-state index contributed by atoms with van der Waals surface area (Å²) in [6.07, 6.45) is 3.09. The van der Waals surface area contributed by atoms with Gasteiger partial charge in [-0.2, -0.15) is 5.26 Å². The number of carbonyl (C=O) groups excluding carboxylic acids is 1. The fourth-order valence-corrected chi connectivity index (χ4v) is 1.88. The molecule has 20 heavy (non-hydrogen) atoms. The monoisotopic (exact) mass is 266 g/mol. The van der Waals surface area contributed by atoms with E-state index >= 15 is 0 Å². The Morgan fingerprint density at radius 2 is 2.10 bits per heavy atom. The highest BCUT2D eigenvalue weighted by atomic mass is 16.2. The van der Waals surface area contributed by atoms with Gasteiger partial charge in [-0.25, -0.2) is 9.97 Å². The van der Waals surface area contributed by atoms with E-state index in [1.54, 1.807) is 48.5 Å². The molecule has 2 aromatic rings. The van der Waals surface area contributed by atoms with Crippen LogP contribution in [0.2, 0.25) is 0 Å². The van der Waals surface area contributed by atoms with E-state index in [2.05, 4.69) is 9.97 Å². The predicted molar refractivity (Wildman–Crippen MR) is 73.7 cm³/mol. The van der Waals surface area contributed by atoms with Crippen molar-refractivity contribution in [3.63, 3.8) is 0 Å². The molecule has 0 saturated carbocycles. The zero-order valence-electron chi connectivity index (χ0n) is 11.3. The maximum atomic E-state index is 12.5. The van der Waals surface area contributed by atoms with E-state index in [-0.39, 0.29) is 11.9 Å². The lowest BCUT2D eigenvalue weighted by Crippen LogP contribution is -2.30. The summed E-state index contributed by atoms with van der Waals surface area (Å²) in [6, 6.07) is 10.4. The smallest absolute Gasteiger partial charge is 0.255 e. The topological polar surface area (TPSA) is 69.9 Å². The Morgan fingerprint density at radius 1 is 1.35 bits per heavy atom. The Hall–Kier alpha value is -2.74. The van der Waals surface area contributed by atoms with Crippen LogP contribution in [-0.4, -0.2) is 27.8 Å². The molecule has 5 nitrogen and oxygen atoms in total. The van der Waals surface area contributed by atoms with Crippen LogP contribution in [0, 0.1) is 11.3 Å². The molecule has 0 bridgehead atoms. The highest BCUT2D eigenvalue weighted by Crippen LogP contribution is 2.19. The van der Waals surface area contributed by atoms with Gasteiger partial charge in [0.15, 0.2) is 0 Å². The fraction of sp³-hybridized carbons (Fsp3) is 0.200. The molecule has 0 saturated heterocycles. The second-order valence-electron chi connectivity index (χ2n) is 4.38. The number of hydrogen-bond donors (Lipinski definition) is 0. The molecular formula is C15H14N4O. The van der Waals surface area contributed by atoms with Gasteiger partial charge in [0.25, 0.3) is 5.91 Å². The molecule has 5 heteroatoms. The van der Waals surface area contributed by atoms with Crippen LogP contribution >= 0.6 is 0 Å². The van der Waals surface area contributed by atoms with E-state index < -0.39 is 0 Å². The molecule has 0 fully saturated rings. The number of amides is 1. The van der Waals surface area contributed by atoms with E-state index in [1.165, 1.54) is 6.33 Å². The molecular weight excluding hydrogens is 252 g/mol. The summed E-state index contributed by atoms with van der Waals surface area (Å²) in [5.41, 5.74) is 1.53.